The second kappa shape index (κ2) is 6.54. The number of benzene rings is 2. The van der Waals surface area contributed by atoms with Crippen molar-refractivity contribution in [3.8, 4) is 0 Å². The second-order valence-electron chi connectivity index (χ2n) is 4.50. The van der Waals surface area contributed by atoms with Crippen molar-refractivity contribution in [1.82, 2.24) is 5.32 Å². The monoisotopic (exact) mass is 310 g/mol. The fourth-order valence-corrected chi connectivity index (χ4v) is 2.05. The molecule has 0 spiro atoms. The predicted octanol–water partition coefficient (Wildman–Crippen LogP) is 4.50. The quantitative estimate of drug-likeness (QED) is 0.861. The van der Waals surface area contributed by atoms with Gasteiger partial charge in [-0.25, -0.2) is 13.6 Å². The molecule has 0 fully saturated rings. The summed E-state index contributed by atoms with van der Waals surface area (Å²) in [6.45, 7) is 1.61. The Kier molecular flexibility index (Phi) is 4.75. The van der Waals surface area contributed by atoms with Gasteiger partial charge in [-0.15, -0.1) is 0 Å². The van der Waals surface area contributed by atoms with E-state index in [2.05, 4.69) is 10.6 Å². The summed E-state index contributed by atoms with van der Waals surface area (Å²) in [6, 6.07) is 8.75. The Morgan fingerprint density at radius 2 is 1.95 bits per heavy atom. The van der Waals surface area contributed by atoms with Crippen LogP contribution in [-0.4, -0.2) is 6.03 Å². The molecule has 2 rings (SSSR count). The average molecular weight is 311 g/mol. The van der Waals surface area contributed by atoms with Gasteiger partial charge in [0.15, 0.2) is 0 Å². The average Bonchev–Trinajstić information content (AvgIpc) is 2.38. The smallest absolute Gasteiger partial charge is 0.319 e. The molecule has 0 aliphatic rings. The summed E-state index contributed by atoms with van der Waals surface area (Å²) in [4.78, 5) is 11.8. The summed E-state index contributed by atoms with van der Waals surface area (Å²) in [5.74, 6) is -1.36. The van der Waals surface area contributed by atoms with Crippen LogP contribution in [0.15, 0.2) is 42.5 Å². The van der Waals surface area contributed by atoms with Gasteiger partial charge in [0.2, 0.25) is 0 Å². The summed E-state index contributed by atoms with van der Waals surface area (Å²) < 4.78 is 26.4. The minimum Gasteiger partial charge on any atom is -0.331 e. The van der Waals surface area contributed by atoms with Gasteiger partial charge in [-0.05, 0) is 31.2 Å². The molecule has 0 saturated carbocycles. The Morgan fingerprint density at radius 1 is 1.19 bits per heavy atom. The number of carbonyl (C=O) groups is 1. The number of nitrogens with one attached hydrogen (secondary N) is 2. The topological polar surface area (TPSA) is 41.1 Å². The first-order valence-electron chi connectivity index (χ1n) is 6.24. The molecular formula is C15H13ClF2N2O. The molecule has 21 heavy (non-hydrogen) atoms. The lowest BCUT2D eigenvalue weighted by atomic mass is 10.1. The van der Waals surface area contributed by atoms with Crippen LogP contribution in [-0.2, 0) is 0 Å². The van der Waals surface area contributed by atoms with Crippen LogP contribution in [0.5, 0.6) is 0 Å². The summed E-state index contributed by atoms with van der Waals surface area (Å²) in [6.07, 6.45) is 0. The molecule has 0 heterocycles. The van der Waals surface area contributed by atoms with E-state index in [0.29, 0.717) is 10.7 Å². The molecule has 6 heteroatoms. The highest BCUT2D eigenvalue weighted by molar-refractivity contribution is 6.30. The highest BCUT2D eigenvalue weighted by atomic mass is 35.5. The van der Waals surface area contributed by atoms with E-state index in [1.807, 2.05) is 0 Å². The van der Waals surface area contributed by atoms with E-state index in [-0.39, 0.29) is 5.56 Å². The first-order valence-corrected chi connectivity index (χ1v) is 6.61. The van der Waals surface area contributed by atoms with Gasteiger partial charge in [0, 0.05) is 22.3 Å². The van der Waals surface area contributed by atoms with E-state index < -0.39 is 23.7 Å². The van der Waals surface area contributed by atoms with Crippen LogP contribution in [0, 0.1) is 11.6 Å². The number of hydrogen-bond donors (Lipinski definition) is 2. The van der Waals surface area contributed by atoms with Crippen LogP contribution >= 0.6 is 11.6 Å². The summed E-state index contributed by atoms with van der Waals surface area (Å²) >= 11 is 5.81. The predicted molar refractivity (Wildman–Crippen MR) is 78.4 cm³/mol. The molecule has 2 N–H and O–H groups in total. The number of urea groups is 1. The van der Waals surface area contributed by atoms with E-state index in [4.69, 9.17) is 11.6 Å². The molecule has 0 aromatic heterocycles. The Labute approximate surface area is 125 Å². The molecule has 110 valence electrons. The van der Waals surface area contributed by atoms with Gasteiger partial charge in [-0.1, -0.05) is 23.7 Å². The van der Waals surface area contributed by atoms with Gasteiger partial charge >= 0.3 is 6.03 Å². The summed E-state index contributed by atoms with van der Waals surface area (Å²) in [5, 5.41) is 5.64. The van der Waals surface area contributed by atoms with Crippen molar-refractivity contribution in [2.45, 2.75) is 13.0 Å². The molecule has 0 unspecified atom stereocenters. The zero-order valence-electron chi connectivity index (χ0n) is 11.2. The van der Waals surface area contributed by atoms with Gasteiger partial charge in [0.1, 0.15) is 11.6 Å². The highest BCUT2D eigenvalue weighted by Gasteiger charge is 2.14. The van der Waals surface area contributed by atoms with Gasteiger partial charge in [-0.3, -0.25) is 0 Å². The van der Waals surface area contributed by atoms with E-state index in [9.17, 15) is 13.6 Å². The van der Waals surface area contributed by atoms with Crippen LogP contribution in [0.4, 0.5) is 19.3 Å². The minimum atomic E-state index is -0.703. The maximum absolute atomic E-state index is 13.6. The molecule has 3 nitrogen and oxygen atoms in total. The lowest BCUT2D eigenvalue weighted by Gasteiger charge is -2.16. The third-order valence-corrected chi connectivity index (χ3v) is 3.09. The van der Waals surface area contributed by atoms with Gasteiger partial charge in [0.05, 0.1) is 6.04 Å². The van der Waals surface area contributed by atoms with Crippen molar-refractivity contribution in [2.75, 3.05) is 5.32 Å². The Morgan fingerprint density at radius 3 is 2.62 bits per heavy atom. The van der Waals surface area contributed by atoms with Crippen molar-refractivity contribution in [1.29, 1.82) is 0 Å². The van der Waals surface area contributed by atoms with Crippen molar-refractivity contribution in [2.24, 2.45) is 0 Å². The first kappa shape index (κ1) is 15.3. The Balaban J connectivity index is 2.02. The number of amides is 2. The van der Waals surface area contributed by atoms with E-state index in [1.165, 1.54) is 6.07 Å². The number of halogens is 3. The molecule has 1 atom stereocenters. The van der Waals surface area contributed by atoms with Gasteiger partial charge < -0.3 is 10.6 Å². The van der Waals surface area contributed by atoms with Crippen LogP contribution in [0.3, 0.4) is 0 Å². The SMILES string of the molecule is C[C@H](NC(=O)Nc1cccc(Cl)c1)c1ccc(F)cc1F. The molecule has 0 bridgehead atoms. The molecule has 0 aliphatic carbocycles. The zero-order chi connectivity index (χ0) is 15.4. The standard InChI is InChI=1S/C15H13ClF2N2O/c1-9(13-6-5-11(17)8-14(13)18)19-15(21)20-12-4-2-3-10(16)7-12/h2-9H,1H3,(H2,19,20,21)/t9-/m0/s1. The van der Waals surface area contributed by atoms with E-state index in [0.717, 1.165) is 12.1 Å². The van der Waals surface area contributed by atoms with Crippen LogP contribution in [0.1, 0.15) is 18.5 Å². The van der Waals surface area contributed by atoms with Crippen molar-refractivity contribution >= 4 is 23.3 Å². The Bertz CT molecular complexity index is 664. The highest BCUT2D eigenvalue weighted by Crippen LogP contribution is 2.18. The lowest BCUT2D eigenvalue weighted by Crippen LogP contribution is -2.31. The maximum atomic E-state index is 13.6. The third-order valence-electron chi connectivity index (χ3n) is 2.86. The molecule has 2 amide bonds. The van der Waals surface area contributed by atoms with Crippen LogP contribution < -0.4 is 10.6 Å². The largest absolute Gasteiger partial charge is 0.331 e. The number of hydrogen-bond acceptors (Lipinski definition) is 1. The van der Waals surface area contributed by atoms with Crippen LogP contribution in [0.25, 0.3) is 0 Å². The molecule has 0 saturated heterocycles. The Hall–Kier alpha value is -2.14. The minimum absolute atomic E-state index is 0.206. The van der Waals surface area contributed by atoms with E-state index in [1.54, 1.807) is 31.2 Å². The summed E-state index contributed by atoms with van der Waals surface area (Å²) in [7, 11) is 0. The number of anilines is 1. The molecule has 0 aliphatic heterocycles. The molecule has 0 radical (unpaired) electrons. The van der Waals surface area contributed by atoms with Crippen molar-refractivity contribution in [3.05, 3.63) is 64.7 Å². The zero-order valence-corrected chi connectivity index (χ0v) is 11.9. The summed E-state index contributed by atoms with van der Waals surface area (Å²) in [5.41, 5.74) is 0.726. The molecule has 2 aromatic carbocycles. The van der Waals surface area contributed by atoms with Gasteiger partial charge in [-0.2, -0.15) is 0 Å². The normalized spacial score (nSPS) is 11.8. The number of rotatable bonds is 3. The van der Waals surface area contributed by atoms with Crippen molar-refractivity contribution in [3.63, 3.8) is 0 Å². The lowest BCUT2D eigenvalue weighted by molar-refractivity contribution is 0.249. The second-order valence-corrected chi connectivity index (χ2v) is 4.93. The fourth-order valence-electron chi connectivity index (χ4n) is 1.86. The first-order chi connectivity index (χ1) is 9.95. The molecule has 2 aromatic rings. The van der Waals surface area contributed by atoms with E-state index >= 15 is 0 Å². The maximum Gasteiger partial charge on any atom is 0.319 e. The number of carbonyl (C=O) groups excluding carboxylic acids is 1. The van der Waals surface area contributed by atoms with Crippen LogP contribution in [0.2, 0.25) is 5.02 Å². The van der Waals surface area contributed by atoms with Gasteiger partial charge in [0.25, 0.3) is 0 Å². The third kappa shape index (κ3) is 4.16. The molecular weight excluding hydrogens is 298 g/mol. The van der Waals surface area contributed by atoms with Crippen molar-refractivity contribution < 1.29 is 13.6 Å². The fraction of sp³-hybridized carbons (Fsp3) is 0.133.